The van der Waals surface area contributed by atoms with Crippen LogP contribution in [0, 0.1) is 41.4 Å². The maximum Gasteiger partial charge on any atom is 0.0795 e. The molecule has 2 heterocycles. The second-order valence-corrected chi connectivity index (χ2v) is 20.2. The molecule has 9 atom stereocenters. The Hall–Kier alpha value is -5.28. The van der Waals surface area contributed by atoms with Crippen molar-refractivity contribution in [2.75, 3.05) is 13.1 Å². The summed E-state index contributed by atoms with van der Waals surface area (Å²) in [5.74, 6) is 3.05. The molecule has 0 amide bonds. The molecule has 0 spiro atoms. The first kappa shape index (κ1) is 38.2. The largest absolute Gasteiger partial charge is 0.290 e. The summed E-state index contributed by atoms with van der Waals surface area (Å²) in [4.78, 5) is 2.61. The summed E-state index contributed by atoms with van der Waals surface area (Å²) in [6.07, 6.45) is 66.6. The highest BCUT2D eigenvalue weighted by molar-refractivity contribution is 5.85. The van der Waals surface area contributed by atoms with E-state index in [1.54, 1.807) is 44.6 Å². The highest BCUT2D eigenvalue weighted by atomic mass is 15.3. The Bertz CT molecular complexity index is 2820. The lowest BCUT2D eigenvalue weighted by atomic mass is 9.67. The molecule has 1 aromatic rings. The average molecular weight is 821 g/mol. The number of allylic oxidation sites excluding steroid dienone is 28. The fraction of sp³-hybridized carbons (Fsp3) is 0.344. The molecule has 0 radical (unpaired) electrons. The van der Waals surface area contributed by atoms with E-state index in [0.717, 1.165) is 58.0 Å². The van der Waals surface area contributed by atoms with Gasteiger partial charge in [0.25, 0.3) is 0 Å². The molecule has 10 aliphatic carbocycles. The number of benzene rings is 1. The highest BCUT2D eigenvalue weighted by Crippen LogP contribution is 2.62. The summed E-state index contributed by atoms with van der Waals surface area (Å²) >= 11 is 0. The third kappa shape index (κ3) is 6.49. The zero-order valence-corrected chi connectivity index (χ0v) is 36.6. The van der Waals surface area contributed by atoms with E-state index in [-0.39, 0.29) is 0 Å². The summed E-state index contributed by atoms with van der Waals surface area (Å²) in [5.41, 5.74) is 18.6. The standard InChI is InChI=1S/C61H60N2/c1-3-15-42(16-4-1)57-51-20-9-10-21-52(51)58(43-17-5-2-6-18-43)61-54-32-31-49(50-22-13-23-53(59(50)54)60(57)61)48-36-46(35-47(37-48)45-30-27-39-14-7-8-19-44(39)34-45)40-25-28-41(29-26-40)55-38-63-33-12-11-24-56(63)62-55/h1-3,5,8-11,13,15,17,19-25,28-32,34-35,37,39-40,46,50,55-56,59-62H,4,6-7,12,14,16,18,26-27,33,36,38H2. The van der Waals surface area contributed by atoms with E-state index < -0.39 is 0 Å². The van der Waals surface area contributed by atoms with Gasteiger partial charge in [-0.25, -0.2) is 0 Å². The van der Waals surface area contributed by atoms with Gasteiger partial charge < -0.3 is 0 Å². The zero-order valence-electron chi connectivity index (χ0n) is 36.6. The van der Waals surface area contributed by atoms with Gasteiger partial charge in [-0.1, -0.05) is 169 Å². The summed E-state index contributed by atoms with van der Waals surface area (Å²) in [6.45, 7) is 2.28. The number of hydrogen-bond donors (Lipinski definition) is 1. The first-order valence-electron chi connectivity index (χ1n) is 24.7. The minimum absolute atomic E-state index is 0.340. The van der Waals surface area contributed by atoms with Crippen LogP contribution >= 0.6 is 0 Å². The van der Waals surface area contributed by atoms with Crippen molar-refractivity contribution < 1.29 is 0 Å². The Kier molecular flexibility index (Phi) is 9.55. The average Bonchev–Trinajstić information content (AvgIpc) is 3.94. The van der Waals surface area contributed by atoms with Gasteiger partial charge in [0.1, 0.15) is 0 Å². The van der Waals surface area contributed by atoms with Gasteiger partial charge in [-0.3, -0.25) is 10.2 Å². The molecule has 2 fully saturated rings. The molecule has 63 heavy (non-hydrogen) atoms. The first-order valence-corrected chi connectivity index (χ1v) is 24.7. The SMILES string of the molecule is C1=CCCC(C2=c3ccccc3=C(C3=CC=CCC3)C3C4=CC=C(C5=CC(C6=CCC7CCC=CC7=C6)=CC(C6C=CC(C7CN8CCC=CC8N7)=CC6)C5)C5C=CC=C(C45)C23)=C1. The van der Waals surface area contributed by atoms with Crippen molar-refractivity contribution in [3.05, 3.63) is 224 Å². The topological polar surface area (TPSA) is 15.3 Å². The van der Waals surface area contributed by atoms with Crippen LogP contribution in [0.5, 0.6) is 0 Å². The van der Waals surface area contributed by atoms with Crippen LogP contribution in [0.15, 0.2) is 214 Å². The van der Waals surface area contributed by atoms with Gasteiger partial charge in [-0.05, 0) is 148 Å². The first-order chi connectivity index (χ1) is 31.2. The lowest BCUT2D eigenvalue weighted by molar-refractivity contribution is 0.274. The van der Waals surface area contributed by atoms with Gasteiger partial charge in [0.15, 0.2) is 0 Å². The van der Waals surface area contributed by atoms with Crippen LogP contribution in [0.3, 0.4) is 0 Å². The minimum atomic E-state index is 0.340. The molecule has 1 saturated carbocycles. The number of hydrogen-bond acceptors (Lipinski definition) is 2. The summed E-state index contributed by atoms with van der Waals surface area (Å²) in [7, 11) is 0. The molecule has 314 valence electrons. The maximum absolute atomic E-state index is 3.92. The van der Waals surface area contributed by atoms with Gasteiger partial charge in [-0.2, -0.15) is 0 Å². The Morgan fingerprint density at radius 1 is 0.603 bits per heavy atom. The van der Waals surface area contributed by atoms with Crippen molar-refractivity contribution in [1.29, 1.82) is 0 Å². The van der Waals surface area contributed by atoms with Crippen molar-refractivity contribution in [3.63, 3.8) is 0 Å². The maximum atomic E-state index is 3.92. The summed E-state index contributed by atoms with van der Waals surface area (Å²) in [6, 6.07) is 9.88. The quantitative estimate of drug-likeness (QED) is 0.288. The summed E-state index contributed by atoms with van der Waals surface area (Å²) < 4.78 is 0. The van der Waals surface area contributed by atoms with Crippen LogP contribution in [0.1, 0.15) is 64.2 Å². The molecule has 1 aromatic carbocycles. The van der Waals surface area contributed by atoms with E-state index in [0.29, 0.717) is 53.6 Å². The molecule has 1 saturated heterocycles. The van der Waals surface area contributed by atoms with E-state index in [2.05, 4.69) is 168 Å². The second kappa shape index (κ2) is 15.8. The fourth-order valence-electron chi connectivity index (χ4n) is 13.9. The van der Waals surface area contributed by atoms with Crippen molar-refractivity contribution in [3.8, 4) is 0 Å². The lowest BCUT2D eigenvalue weighted by Crippen LogP contribution is -2.40. The zero-order chi connectivity index (χ0) is 41.4. The van der Waals surface area contributed by atoms with Crippen molar-refractivity contribution >= 4 is 11.1 Å². The van der Waals surface area contributed by atoms with Crippen LogP contribution < -0.4 is 15.8 Å². The van der Waals surface area contributed by atoms with Crippen LogP contribution in [0.4, 0.5) is 0 Å². The van der Waals surface area contributed by atoms with Gasteiger partial charge >= 0.3 is 0 Å². The molecule has 0 aromatic heterocycles. The number of fused-ring (bicyclic) bond motifs is 6. The van der Waals surface area contributed by atoms with E-state index in [4.69, 9.17) is 0 Å². The molecule has 2 nitrogen and oxygen atoms in total. The Morgan fingerprint density at radius 2 is 1.41 bits per heavy atom. The molecule has 2 heteroatoms. The molecular formula is C61H60N2. The monoisotopic (exact) mass is 820 g/mol. The lowest BCUT2D eigenvalue weighted by Gasteiger charge is -2.37. The smallest absolute Gasteiger partial charge is 0.0795 e. The van der Waals surface area contributed by atoms with Crippen molar-refractivity contribution in [1.82, 2.24) is 10.2 Å². The molecule has 9 unspecified atom stereocenters. The van der Waals surface area contributed by atoms with Crippen LogP contribution in [-0.4, -0.2) is 30.2 Å². The van der Waals surface area contributed by atoms with Gasteiger partial charge in [0, 0.05) is 42.8 Å². The number of rotatable bonds is 6. The van der Waals surface area contributed by atoms with E-state index >= 15 is 0 Å². The minimum Gasteiger partial charge on any atom is -0.290 e. The van der Waals surface area contributed by atoms with Gasteiger partial charge in [0.2, 0.25) is 0 Å². The fourth-order valence-corrected chi connectivity index (χ4v) is 13.9. The van der Waals surface area contributed by atoms with Crippen molar-refractivity contribution in [2.45, 2.75) is 76.4 Å². The second-order valence-electron chi connectivity index (χ2n) is 20.2. The van der Waals surface area contributed by atoms with Crippen LogP contribution in [0.25, 0.3) is 11.1 Å². The summed E-state index contributed by atoms with van der Waals surface area (Å²) in [5, 5.41) is 6.86. The Morgan fingerprint density at radius 3 is 2.16 bits per heavy atom. The van der Waals surface area contributed by atoms with Crippen LogP contribution in [0.2, 0.25) is 0 Å². The molecule has 13 rings (SSSR count). The predicted octanol–water partition coefficient (Wildman–Crippen LogP) is 11.6. The van der Waals surface area contributed by atoms with E-state index in [9.17, 15) is 0 Å². The molecular weight excluding hydrogens is 761 g/mol. The number of nitrogens with zero attached hydrogens (tertiary/aromatic N) is 1. The highest BCUT2D eigenvalue weighted by Gasteiger charge is 2.52. The molecule has 1 N–H and O–H groups in total. The Balaban J connectivity index is 0.888. The van der Waals surface area contributed by atoms with Crippen LogP contribution in [-0.2, 0) is 0 Å². The predicted molar refractivity (Wildman–Crippen MR) is 261 cm³/mol. The third-order valence-corrected chi connectivity index (χ3v) is 16.9. The molecule has 0 bridgehead atoms. The molecule has 12 aliphatic rings. The van der Waals surface area contributed by atoms with E-state index in [1.165, 1.54) is 52.0 Å². The molecule has 2 aliphatic heterocycles. The van der Waals surface area contributed by atoms with Crippen molar-refractivity contribution in [2.24, 2.45) is 41.4 Å². The third-order valence-electron chi connectivity index (χ3n) is 16.9. The van der Waals surface area contributed by atoms with Gasteiger partial charge in [0.05, 0.1) is 6.17 Å². The van der Waals surface area contributed by atoms with E-state index in [1.807, 2.05) is 0 Å². The Labute approximate surface area is 374 Å². The van der Waals surface area contributed by atoms with Gasteiger partial charge in [-0.15, -0.1) is 0 Å². The normalized spacial score (nSPS) is 34.8. The number of nitrogens with one attached hydrogen (secondary N) is 1.